The van der Waals surface area contributed by atoms with E-state index >= 15 is 0 Å². The van der Waals surface area contributed by atoms with Crippen LogP contribution >= 0.6 is 0 Å². The van der Waals surface area contributed by atoms with E-state index in [0.717, 1.165) is 24.3 Å². The van der Waals surface area contributed by atoms with E-state index in [1.807, 2.05) is 6.92 Å². The molecule has 0 aliphatic heterocycles. The minimum atomic E-state index is -4.62. The summed E-state index contributed by atoms with van der Waals surface area (Å²) in [5, 5.41) is 6.13. The lowest BCUT2D eigenvalue weighted by Crippen LogP contribution is -2.09. The summed E-state index contributed by atoms with van der Waals surface area (Å²) in [5.74, 6) is 0.0786. The monoisotopic (exact) mass is 440 g/mol. The molecule has 29 heavy (non-hydrogen) atoms. The van der Waals surface area contributed by atoms with Crippen LogP contribution in [0.15, 0.2) is 40.1 Å². The first-order chi connectivity index (χ1) is 13.5. The van der Waals surface area contributed by atoms with Crippen molar-refractivity contribution in [2.24, 2.45) is 0 Å². The fourth-order valence-corrected chi connectivity index (χ4v) is 3.60. The van der Waals surface area contributed by atoms with E-state index in [9.17, 15) is 25.9 Å². The Balaban J connectivity index is 2.21. The minimum absolute atomic E-state index is 0.0129. The lowest BCUT2D eigenvalue weighted by molar-refractivity contribution is 0.481. The zero-order valence-electron chi connectivity index (χ0n) is 14.9. The smallest absolute Gasteiger partial charge is 0.294 e. The third kappa shape index (κ3) is 4.68. The van der Waals surface area contributed by atoms with Crippen molar-refractivity contribution in [3.8, 4) is 0 Å². The van der Waals surface area contributed by atoms with Crippen molar-refractivity contribution in [2.45, 2.75) is 16.7 Å². The molecule has 0 bridgehead atoms. The van der Waals surface area contributed by atoms with E-state index in [1.54, 1.807) is 0 Å². The third-order valence-corrected chi connectivity index (χ3v) is 5.41. The molecule has 0 radical (unpaired) electrons. The van der Waals surface area contributed by atoms with Gasteiger partial charge in [0.2, 0.25) is 17.8 Å². The fourth-order valence-electron chi connectivity index (χ4n) is 2.54. The van der Waals surface area contributed by atoms with Crippen molar-refractivity contribution in [1.82, 2.24) is 15.0 Å². The van der Waals surface area contributed by atoms with E-state index in [1.165, 1.54) is 6.07 Å². The second-order valence-corrected chi connectivity index (χ2v) is 8.64. The molecule has 154 valence electrons. The first kappa shape index (κ1) is 20.7. The number of anilines is 4. The Bertz CT molecular complexity index is 1310. The van der Waals surface area contributed by atoms with Gasteiger partial charge in [-0.05, 0) is 36.6 Å². The molecule has 0 aliphatic rings. The van der Waals surface area contributed by atoms with Crippen LogP contribution in [0.4, 0.5) is 23.5 Å². The third-order valence-electron chi connectivity index (χ3n) is 3.73. The quantitative estimate of drug-likeness (QED) is 0.345. The predicted molar refractivity (Wildman–Crippen MR) is 105 cm³/mol. The zero-order valence-corrected chi connectivity index (χ0v) is 16.5. The number of hydrogen-bond donors (Lipinski definition) is 5. The van der Waals surface area contributed by atoms with Crippen molar-refractivity contribution in [2.75, 3.05) is 22.9 Å². The molecule has 0 spiro atoms. The van der Waals surface area contributed by atoms with Gasteiger partial charge in [0.15, 0.2) is 0 Å². The highest BCUT2D eigenvalue weighted by Gasteiger charge is 2.17. The topological polar surface area (TPSA) is 197 Å². The molecule has 0 saturated heterocycles. The van der Waals surface area contributed by atoms with Gasteiger partial charge in [-0.3, -0.25) is 9.11 Å². The van der Waals surface area contributed by atoms with Crippen molar-refractivity contribution in [3.63, 3.8) is 0 Å². The van der Waals surface area contributed by atoms with E-state index in [-0.39, 0.29) is 28.9 Å². The van der Waals surface area contributed by atoms with E-state index < -0.39 is 30.0 Å². The Hall–Kier alpha value is -3.07. The Morgan fingerprint density at radius 3 is 2.17 bits per heavy atom. The fraction of sp³-hybridized carbons (Fsp3) is 0.133. The Labute approximate surface area is 165 Å². The molecule has 3 aromatic rings. The van der Waals surface area contributed by atoms with Gasteiger partial charge in [-0.1, -0.05) is 6.07 Å². The van der Waals surface area contributed by atoms with Gasteiger partial charge in [-0.15, -0.1) is 0 Å². The van der Waals surface area contributed by atoms with Gasteiger partial charge in [-0.2, -0.15) is 31.8 Å². The van der Waals surface area contributed by atoms with Gasteiger partial charge in [0.05, 0.1) is 15.5 Å². The molecule has 1 aromatic heterocycles. The standard InChI is InChI=1S/C15H16N6O6S2/c1-2-17-14-19-13(16)20-15(21-14)18-12-7-10(29(25,26)27)6-8-5-9(28(22,23)24)3-4-11(8)12/h3-7H,2H2,1H3,(H,22,23,24)(H,25,26,27)(H4,16,17,18,19,20,21). The highest BCUT2D eigenvalue weighted by molar-refractivity contribution is 7.86. The minimum Gasteiger partial charge on any atom is -0.368 e. The van der Waals surface area contributed by atoms with Crippen LogP contribution in [-0.4, -0.2) is 47.4 Å². The highest BCUT2D eigenvalue weighted by Crippen LogP contribution is 2.31. The van der Waals surface area contributed by atoms with E-state index in [2.05, 4.69) is 25.6 Å². The summed E-state index contributed by atoms with van der Waals surface area (Å²) >= 11 is 0. The summed E-state index contributed by atoms with van der Waals surface area (Å²) < 4.78 is 64.7. The first-order valence-corrected chi connectivity index (χ1v) is 10.9. The SMILES string of the molecule is CCNc1nc(N)nc(Nc2cc(S(=O)(=O)O)cc3cc(S(=O)(=O)O)ccc23)n1. The molecule has 0 amide bonds. The van der Waals surface area contributed by atoms with Crippen LogP contribution < -0.4 is 16.4 Å². The number of nitrogen functional groups attached to an aromatic ring is 1. The Kier molecular flexibility index (Phi) is 5.27. The van der Waals surface area contributed by atoms with Crippen LogP contribution in [0.1, 0.15) is 6.92 Å². The van der Waals surface area contributed by atoms with Gasteiger partial charge in [0.1, 0.15) is 0 Å². The zero-order chi connectivity index (χ0) is 21.4. The molecule has 14 heteroatoms. The van der Waals surface area contributed by atoms with Crippen molar-refractivity contribution in [3.05, 3.63) is 30.3 Å². The second-order valence-electron chi connectivity index (χ2n) is 5.80. The van der Waals surface area contributed by atoms with Crippen LogP contribution in [0.3, 0.4) is 0 Å². The molecule has 12 nitrogen and oxygen atoms in total. The van der Waals surface area contributed by atoms with Gasteiger partial charge in [-0.25, -0.2) is 0 Å². The number of nitrogens with two attached hydrogens (primary N) is 1. The van der Waals surface area contributed by atoms with Gasteiger partial charge < -0.3 is 16.4 Å². The number of benzene rings is 2. The van der Waals surface area contributed by atoms with Crippen molar-refractivity contribution < 1.29 is 25.9 Å². The number of nitrogens with one attached hydrogen (secondary N) is 2. The van der Waals surface area contributed by atoms with Crippen LogP contribution in [-0.2, 0) is 20.2 Å². The van der Waals surface area contributed by atoms with Gasteiger partial charge in [0.25, 0.3) is 20.2 Å². The first-order valence-electron chi connectivity index (χ1n) is 8.02. The lowest BCUT2D eigenvalue weighted by atomic mass is 10.1. The van der Waals surface area contributed by atoms with Crippen LogP contribution in [0, 0.1) is 0 Å². The molecule has 6 N–H and O–H groups in total. The maximum Gasteiger partial charge on any atom is 0.294 e. The summed E-state index contributed by atoms with van der Waals surface area (Å²) in [6.07, 6.45) is 0. The molecule has 0 atom stereocenters. The Morgan fingerprint density at radius 2 is 1.55 bits per heavy atom. The molecular weight excluding hydrogens is 424 g/mol. The van der Waals surface area contributed by atoms with Crippen LogP contribution in [0.2, 0.25) is 0 Å². The molecular formula is C15H16N6O6S2. The van der Waals surface area contributed by atoms with Crippen molar-refractivity contribution in [1.29, 1.82) is 0 Å². The maximum atomic E-state index is 11.6. The second kappa shape index (κ2) is 7.40. The largest absolute Gasteiger partial charge is 0.368 e. The molecule has 0 aliphatic carbocycles. The molecule has 0 saturated carbocycles. The number of hydrogen-bond acceptors (Lipinski definition) is 10. The number of fused-ring (bicyclic) bond motifs is 1. The van der Waals surface area contributed by atoms with Crippen LogP contribution in [0.25, 0.3) is 10.8 Å². The van der Waals surface area contributed by atoms with Crippen LogP contribution in [0.5, 0.6) is 0 Å². The lowest BCUT2D eigenvalue weighted by Gasteiger charge is -2.12. The Morgan fingerprint density at radius 1 is 0.931 bits per heavy atom. The average molecular weight is 440 g/mol. The summed E-state index contributed by atoms with van der Waals surface area (Å²) in [5.41, 5.74) is 5.79. The highest BCUT2D eigenvalue weighted by atomic mass is 32.2. The maximum absolute atomic E-state index is 11.6. The van der Waals surface area contributed by atoms with Crippen molar-refractivity contribution >= 4 is 54.5 Å². The summed E-state index contributed by atoms with van der Waals surface area (Å²) in [6.45, 7) is 2.34. The normalized spacial score (nSPS) is 12.1. The molecule has 0 unspecified atom stereocenters. The summed E-state index contributed by atoms with van der Waals surface area (Å²) in [6, 6.07) is 5.75. The summed E-state index contributed by atoms with van der Waals surface area (Å²) in [7, 11) is -9.15. The number of rotatable bonds is 6. The predicted octanol–water partition coefficient (Wildman–Crippen LogP) is 1.28. The van der Waals surface area contributed by atoms with E-state index in [0.29, 0.717) is 11.9 Å². The molecule has 1 heterocycles. The number of aromatic nitrogens is 3. The van der Waals surface area contributed by atoms with Gasteiger partial charge >= 0.3 is 0 Å². The molecule has 0 fully saturated rings. The average Bonchev–Trinajstić information content (AvgIpc) is 2.59. The van der Waals surface area contributed by atoms with E-state index in [4.69, 9.17) is 5.73 Å². The number of nitrogens with zero attached hydrogens (tertiary/aromatic N) is 3. The van der Waals surface area contributed by atoms with Gasteiger partial charge in [0, 0.05) is 11.9 Å². The molecule has 2 aromatic carbocycles. The summed E-state index contributed by atoms with van der Waals surface area (Å²) in [4.78, 5) is 11.0. The molecule has 3 rings (SSSR count).